The molecule has 9 heteroatoms. The van der Waals surface area contributed by atoms with Gasteiger partial charge in [0.2, 0.25) is 0 Å². The number of methoxy groups -OCH3 is 1. The van der Waals surface area contributed by atoms with Gasteiger partial charge in [0.15, 0.2) is 0 Å². The van der Waals surface area contributed by atoms with E-state index in [-0.39, 0.29) is 42.5 Å². The highest BCUT2D eigenvalue weighted by atomic mass is 35.5. The summed E-state index contributed by atoms with van der Waals surface area (Å²) in [6.45, 7) is 1.64. The molecular weight excluding hydrogens is 451 g/mol. The van der Waals surface area contributed by atoms with Crippen molar-refractivity contribution in [2.45, 2.75) is 43.9 Å². The molecule has 3 atom stereocenters. The van der Waals surface area contributed by atoms with E-state index in [0.29, 0.717) is 16.8 Å². The van der Waals surface area contributed by atoms with Crippen molar-refractivity contribution in [3.63, 3.8) is 0 Å². The Balaban J connectivity index is 1.63. The number of hydrogen-bond donors (Lipinski definition) is 1. The Bertz CT molecular complexity index is 1050. The van der Waals surface area contributed by atoms with Gasteiger partial charge in [-0.3, -0.25) is 9.78 Å². The molecule has 0 radical (unpaired) electrons. The Labute approximate surface area is 196 Å². The van der Waals surface area contributed by atoms with Crippen molar-refractivity contribution in [3.8, 4) is 0 Å². The third-order valence-corrected chi connectivity index (χ3v) is 6.69. The number of pyridine rings is 1. The first-order valence-corrected chi connectivity index (χ1v) is 11.2. The Morgan fingerprint density at radius 3 is 2.73 bits per heavy atom. The molecule has 176 valence electrons. The lowest BCUT2D eigenvalue weighted by Crippen LogP contribution is -2.61. The van der Waals surface area contributed by atoms with E-state index in [1.807, 2.05) is 0 Å². The molecule has 33 heavy (non-hydrogen) atoms. The van der Waals surface area contributed by atoms with Gasteiger partial charge in [0, 0.05) is 18.3 Å². The SMILES string of the molecule is COC(=O)c1ccc(C[C@@]2(C)OC[C@@H](c3ccc(Cl)c(F)c3)N(C(CO)C3CC3)C2=O)nc1. The van der Waals surface area contributed by atoms with Crippen LogP contribution in [0.5, 0.6) is 0 Å². The molecular formula is C24H26ClFN2O5. The number of rotatable bonds is 7. The molecule has 2 aromatic rings. The van der Waals surface area contributed by atoms with Gasteiger partial charge in [-0.1, -0.05) is 17.7 Å². The Morgan fingerprint density at radius 2 is 2.15 bits per heavy atom. The smallest absolute Gasteiger partial charge is 0.339 e. The fourth-order valence-electron chi connectivity index (χ4n) is 4.36. The summed E-state index contributed by atoms with van der Waals surface area (Å²) in [4.78, 5) is 31.4. The number of aliphatic hydroxyl groups excluding tert-OH is 1. The van der Waals surface area contributed by atoms with E-state index in [0.717, 1.165) is 12.8 Å². The minimum atomic E-state index is -1.23. The molecule has 1 unspecified atom stereocenters. The summed E-state index contributed by atoms with van der Waals surface area (Å²) < 4.78 is 25.0. The number of halogens is 2. The predicted molar refractivity (Wildman–Crippen MR) is 118 cm³/mol. The van der Waals surface area contributed by atoms with Gasteiger partial charge in [-0.25, -0.2) is 9.18 Å². The number of carbonyl (C=O) groups is 2. The average molecular weight is 477 g/mol. The van der Waals surface area contributed by atoms with E-state index in [2.05, 4.69) is 4.98 Å². The molecule has 1 aromatic carbocycles. The standard InChI is InChI=1S/C24H26ClFN2O5/c1-24(10-17-7-5-16(11-27-17)22(30)32-2)23(31)28(20(12-29)14-3-4-14)21(13-33-24)15-6-8-18(25)19(26)9-15/h5-9,11,14,20-21,29H,3-4,10,12-13H2,1-2H3/t20?,21-,24+/m0/s1. The van der Waals surface area contributed by atoms with Crippen LogP contribution < -0.4 is 0 Å². The second-order valence-corrected chi connectivity index (χ2v) is 9.14. The van der Waals surface area contributed by atoms with Crippen LogP contribution in [-0.2, 0) is 20.7 Å². The first kappa shape index (κ1) is 23.6. The van der Waals surface area contributed by atoms with Crippen LogP contribution in [0.15, 0.2) is 36.5 Å². The fraction of sp³-hybridized carbons (Fsp3) is 0.458. The van der Waals surface area contributed by atoms with E-state index < -0.39 is 23.4 Å². The van der Waals surface area contributed by atoms with E-state index in [9.17, 15) is 19.1 Å². The topological polar surface area (TPSA) is 89.0 Å². The van der Waals surface area contributed by atoms with Gasteiger partial charge in [-0.15, -0.1) is 0 Å². The molecule has 2 fully saturated rings. The zero-order valence-corrected chi connectivity index (χ0v) is 19.2. The highest BCUT2D eigenvalue weighted by Gasteiger charge is 2.51. The second kappa shape index (κ2) is 9.37. The van der Waals surface area contributed by atoms with Gasteiger partial charge < -0.3 is 19.5 Å². The monoisotopic (exact) mass is 476 g/mol. The summed E-state index contributed by atoms with van der Waals surface area (Å²) in [7, 11) is 1.29. The van der Waals surface area contributed by atoms with Crippen molar-refractivity contribution in [2.24, 2.45) is 5.92 Å². The molecule has 1 saturated carbocycles. The molecule has 7 nitrogen and oxygen atoms in total. The van der Waals surface area contributed by atoms with Crippen LogP contribution in [0.3, 0.4) is 0 Å². The first-order valence-electron chi connectivity index (χ1n) is 10.8. The van der Waals surface area contributed by atoms with Gasteiger partial charge in [0.1, 0.15) is 11.4 Å². The van der Waals surface area contributed by atoms with Crippen LogP contribution in [0.1, 0.15) is 47.4 Å². The third-order valence-electron chi connectivity index (χ3n) is 6.39. The molecule has 0 bridgehead atoms. The molecule has 1 N–H and O–H groups in total. The van der Waals surface area contributed by atoms with Gasteiger partial charge in [0.25, 0.3) is 5.91 Å². The molecule has 1 saturated heterocycles. The molecule has 2 aliphatic rings. The lowest BCUT2D eigenvalue weighted by molar-refractivity contribution is -0.184. The number of benzene rings is 1. The number of morpholine rings is 1. The second-order valence-electron chi connectivity index (χ2n) is 8.74. The highest BCUT2D eigenvalue weighted by molar-refractivity contribution is 6.30. The molecule has 1 aliphatic heterocycles. The lowest BCUT2D eigenvalue weighted by atomic mass is 9.90. The summed E-state index contributed by atoms with van der Waals surface area (Å²) in [6, 6.07) is 6.75. The van der Waals surface area contributed by atoms with Crippen LogP contribution >= 0.6 is 11.6 Å². The maximum Gasteiger partial charge on any atom is 0.339 e. The minimum absolute atomic E-state index is 0.000527. The van der Waals surface area contributed by atoms with E-state index in [1.165, 1.54) is 25.4 Å². The Morgan fingerprint density at radius 1 is 1.39 bits per heavy atom. The van der Waals surface area contributed by atoms with Gasteiger partial charge in [-0.2, -0.15) is 0 Å². The summed E-state index contributed by atoms with van der Waals surface area (Å²) in [5, 5.41) is 10.2. The minimum Gasteiger partial charge on any atom is -0.465 e. The summed E-state index contributed by atoms with van der Waals surface area (Å²) >= 11 is 5.85. The molecule has 0 spiro atoms. The van der Waals surface area contributed by atoms with E-state index in [4.69, 9.17) is 21.1 Å². The summed E-state index contributed by atoms with van der Waals surface area (Å²) in [5.74, 6) is -1.17. The van der Waals surface area contributed by atoms with Crippen molar-refractivity contribution >= 4 is 23.5 Å². The Hall–Kier alpha value is -2.55. The lowest BCUT2D eigenvalue weighted by Gasteiger charge is -2.47. The number of aliphatic hydroxyl groups is 1. The number of esters is 1. The van der Waals surface area contributed by atoms with Crippen molar-refractivity contribution in [3.05, 3.63) is 64.2 Å². The van der Waals surface area contributed by atoms with Crippen molar-refractivity contribution in [1.82, 2.24) is 9.88 Å². The van der Waals surface area contributed by atoms with Gasteiger partial charge >= 0.3 is 5.97 Å². The number of carbonyl (C=O) groups excluding carboxylic acids is 2. The molecule has 2 heterocycles. The van der Waals surface area contributed by atoms with Crippen molar-refractivity contribution in [1.29, 1.82) is 0 Å². The van der Waals surface area contributed by atoms with Gasteiger partial charge in [-0.05, 0) is 55.5 Å². The number of nitrogens with zero attached hydrogens (tertiary/aromatic N) is 2. The van der Waals surface area contributed by atoms with E-state index in [1.54, 1.807) is 30.0 Å². The quantitative estimate of drug-likeness (QED) is 0.617. The van der Waals surface area contributed by atoms with Crippen LogP contribution in [0, 0.1) is 11.7 Å². The van der Waals surface area contributed by atoms with E-state index >= 15 is 0 Å². The maximum atomic E-state index is 14.2. The molecule has 1 aliphatic carbocycles. The summed E-state index contributed by atoms with van der Waals surface area (Å²) in [6.07, 6.45) is 3.42. The summed E-state index contributed by atoms with van der Waals surface area (Å²) in [5.41, 5.74) is 0.208. The predicted octanol–water partition coefficient (Wildman–Crippen LogP) is 3.33. The van der Waals surface area contributed by atoms with Crippen molar-refractivity contribution < 1.29 is 28.6 Å². The molecule has 1 aromatic heterocycles. The number of hydrogen-bond acceptors (Lipinski definition) is 6. The Kier molecular flexibility index (Phi) is 6.70. The zero-order chi connectivity index (χ0) is 23.8. The number of ether oxygens (including phenoxy) is 2. The molecule has 4 rings (SSSR count). The average Bonchev–Trinajstić information content (AvgIpc) is 3.64. The fourth-order valence-corrected chi connectivity index (χ4v) is 4.48. The first-order chi connectivity index (χ1) is 15.8. The van der Waals surface area contributed by atoms with Gasteiger partial charge in [0.05, 0.1) is 43.0 Å². The number of amides is 1. The van der Waals surface area contributed by atoms with Crippen molar-refractivity contribution in [2.75, 3.05) is 20.3 Å². The largest absolute Gasteiger partial charge is 0.465 e. The zero-order valence-electron chi connectivity index (χ0n) is 18.5. The molecule has 1 amide bonds. The van der Waals surface area contributed by atoms with Crippen LogP contribution in [0.25, 0.3) is 0 Å². The third kappa shape index (κ3) is 4.74. The normalized spacial score (nSPS) is 24.0. The number of aromatic nitrogens is 1. The van der Waals surface area contributed by atoms with Crippen LogP contribution in [0.2, 0.25) is 5.02 Å². The van der Waals surface area contributed by atoms with Crippen LogP contribution in [0.4, 0.5) is 4.39 Å². The highest BCUT2D eigenvalue weighted by Crippen LogP contribution is 2.42. The maximum absolute atomic E-state index is 14.2. The van der Waals surface area contributed by atoms with Crippen LogP contribution in [-0.4, -0.2) is 58.8 Å².